The van der Waals surface area contributed by atoms with Crippen LogP contribution in [0.3, 0.4) is 0 Å². The van der Waals surface area contributed by atoms with Crippen molar-refractivity contribution < 1.29 is 0 Å². The van der Waals surface area contributed by atoms with Gasteiger partial charge in [-0.15, -0.1) is 0 Å². The summed E-state index contributed by atoms with van der Waals surface area (Å²) in [6.45, 7) is 7.89. The van der Waals surface area contributed by atoms with Crippen molar-refractivity contribution in [3.8, 4) is 0 Å². The number of piperazine rings is 1. The predicted molar refractivity (Wildman–Crippen MR) is 120 cm³/mol. The highest BCUT2D eigenvalue weighted by molar-refractivity contribution is 6.07. The molecule has 0 aliphatic carbocycles. The molecule has 0 atom stereocenters. The normalized spacial score (nSPS) is 15.7. The molecule has 1 aliphatic heterocycles. The molecule has 0 N–H and O–H groups in total. The Morgan fingerprint density at radius 1 is 0.690 bits per heavy atom. The van der Waals surface area contributed by atoms with E-state index in [9.17, 15) is 0 Å². The first-order valence-electron chi connectivity index (χ1n) is 10.7. The Labute approximate surface area is 173 Å². The van der Waals surface area contributed by atoms with Crippen molar-refractivity contribution in [3.63, 3.8) is 0 Å². The van der Waals surface area contributed by atoms with Gasteiger partial charge < -0.3 is 9.47 Å². The van der Waals surface area contributed by atoms with E-state index in [0.717, 1.165) is 39.3 Å². The molecule has 0 saturated carbocycles. The largest absolute Gasteiger partial charge is 0.340 e. The molecular weight excluding hydrogens is 354 g/mol. The van der Waals surface area contributed by atoms with Crippen LogP contribution in [-0.2, 0) is 13.1 Å². The van der Waals surface area contributed by atoms with Gasteiger partial charge in [-0.05, 0) is 48.9 Å². The van der Waals surface area contributed by atoms with Gasteiger partial charge in [0.2, 0.25) is 0 Å². The summed E-state index contributed by atoms with van der Waals surface area (Å²) in [5.74, 6) is 0. The lowest BCUT2D eigenvalue weighted by Gasteiger charge is -2.34. The van der Waals surface area contributed by atoms with Crippen molar-refractivity contribution >= 4 is 21.8 Å². The van der Waals surface area contributed by atoms with Crippen molar-refractivity contribution in [2.75, 3.05) is 32.7 Å². The molecule has 1 aromatic heterocycles. The smallest absolute Gasteiger partial charge is 0.0491 e. The standard InChI is InChI=1S/C26H27N3/c1-2-9-22(10-3-1)21-28-19-17-27(18-20-28)15-8-16-29-25-13-6-4-11-23(25)24-12-5-7-14-26(24)29/h2,4-7,9-14H,8,15-21H2. The van der Waals surface area contributed by atoms with Gasteiger partial charge in [-0.25, -0.2) is 0 Å². The molecule has 3 heteroatoms. The fourth-order valence-electron chi connectivity index (χ4n) is 4.60. The molecule has 1 fully saturated rings. The monoisotopic (exact) mass is 381 g/mol. The van der Waals surface area contributed by atoms with E-state index in [-0.39, 0.29) is 0 Å². The lowest BCUT2D eigenvalue weighted by Crippen LogP contribution is -2.46. The van der Waals surface area contributed by atoms with E-state index < -0.39 is 0 Å². The van der Waals surface area contributed by atoms with Crippen LogP contribution in [-0.4, -0.2) is 47.1 Å². The van der Waals surface area contributed by atoms with Gasteiger partial charge in [-0.1, -0.05) is 48.5 Å². The third-order valence-corrected chi connectivity index (χ3v) is 6.13. The maximum atomic E-state index is 3.06. The fourth-order valence-corrected chi connectivity index (χ4v) is 4.60. The van der Waals surface area contributed by atoms with Gasteiger partial charge in [0.05, 0.1) is 0 Å². The summed E-state index contributed by atoms with van der Waals surface area (Å²) in [5.41, 5.74) is 4.05. The summed E-state index contributed by atoms with van der Waals surface area (Å²) in [6, 6.07) is 29.8. The molecule has 3 nitrogen and oxygen atoms in total. The molecule has 0 bridgehead atoms. The second-order valence-corrected chi connectivity index (χ2v) is 8.00. The van der Waals surface area contributed by atoms with Gasteiger partial charge >= 0.3 is 0 Å². The quantitative estimate of drug-likeness (QED) is 0.483. The van der Waals surface area contributed by atoms with Crippen molar-refractivity contribution in [3.05, 3.63) is 84.4 Å². The average molecular weight is 382 g/mol. The molecular formula is C26H27N3. The predicted octanol–water partition coefficient (Wildman–Crippen LogP) is 4.60. The SMILES string of the molecule is c1ccc(CN2CCN(CCCn3c4ccccc4c4ccccc43)CC2)cc#1. The van der Waals surface area contributed by atoms with Gasteiger partial charge in [0, 0.05) is 61.1 Å². The lowest BCUT2D eigenvalue weighted by atomic mass is 10.2. The van der Waals surface area contributed by atoms with E-state index in [1.54, 1.807) is 0 Å². The fraction of sp³-hybridized carbons (Fsp3) is 0.308. The number of rotatable bonds is 6. The molecule has 0 spiro atoms. The number of hydrogen-bond acceptors (Lipinski definition) is 2. The van der Waals surface area contributed by atoms with Crippen LogP contribution in [0.25, 0.3) is 21.8 Å². The molecule has 0 amide bonds. The first kappa shape index (κ1) is 18.2. The van der Waals surface area contributed by atoms with Crippen LogP contribution in [0.5, 0.6) is 0 Å². The molecule has 29 heavy (non-hydrogen) atoms. The number of benzene rings is 2. The zero-order valence-corrected chi connectivity index (χ0v) is 16.8. The van der Waals surface area contributed by atoms with E-state index >= 15 is 0 Å². The first-order chi connectivity index (χ1) is 14.4. The number of aromatic nitrogens is 1. The van der Waals surface area contributed by atoms with Crippen LogP contribution in [0, 0.1) is 12.1 Å². The van der Waals surface area contributed by atoms with Gasteiger partial charge in [0.15, 0.2) is 0 Å². The zero-order chi connectivity index (χ0) is 19.5. The highest BCUT2D eigenvalue weighted by atomic mass is 15.3. The Morgan fingerprint density at radius 3 is 2.00 bits per heavy atom. The topological polar surface area (TPSA) is 11.4 Å². The molecule has 146 valence electrons. The summed E-state index contributed by atoms with van der Waals surface area (Å²) in [5, 5.41) is 2.74. The summed E-state index contributed by atoms with van der Waals surface area (Å²) >= 11 is 0. The third kappa shape index (κ3) is 3.87. The zero-order valence-electron chi connectivity index (χ0n) is 16.8. The van der Waals surface area contributed by atoms with Crippen molar-refractivity contribution in [2.45, 2.75) is 19.5 Å². The second-order valence-electron chi connectivity index (χ2n) is 8.00. The van der Waals surface area contributed by atoms with Gasteiger partial charge in [-0.2, -0.15) is 0 Å². The number of aryl methyl sites for hydroxylation is 1. The second kappa shape index (κ2) is 8.29. The minimum absolute atomic E-state index is 1.03. The van der Waals surface area contributed by atoms with Gasteiger partial charge in [-0.3, -0.25) is 4.90 Å². The minimum Gasteiger partial charge on any atom is -0.340 e. The number of fused-ring (bicyclic) bond motifs is 3. The molecule has 3 aromatic carbocycles. The summed E-state index contributed by atoms with van der Waals surface area (Å²) in [7, 11) is 0. The summed E-state index contributed by atoms with van der Waals surface area (Å²) in [6.07, 6.45) is 1.19. The Hall–Kier alpha value is -2.80. The van der Waals surface area contributed by atoms with E-state index in [0.29, 0.717) is 0 Å². The number of nitrogens with zero attached hydrogens (tertiary/aromatic N) is 3. The molecule has 1 saturated heterocycles. The summed E-state index contributed by atoms with van der Waals surface area (Å²) in [4.78, 5) is 5.17. The Balaban J connectivity index is 1.18. The highest BCUT2D eigenvalue weighted by Crippen LogP contribution is 2.28. The van der Waals surface area contributed by atoms with Crippen LogP contribution < -0.4 is 0 Å². The lowest BCUT2D eigenvalue weighted by molar-refractivity contribution is 0.125. The maximum Gasteiger partial charge on any atom is 0.0491 e. The minimum atomic E-state index is 1.03. The highest BCUT2D eigenvalue weighted by Gasteiger charge is 2.17. The maximum absolute atomic E-state index is 3.06. The van der Waals surface area contributed by atoms with E-state index in [4.69, 9.17) is 0 Å². The molecule has 5 rings (SSSR count). The Bertz CT molecular complexity index is 1020. The Morgan fingerprint density at radius 2 is 1.34 bits per heavy atom. The van der Waals surface area contributed by atoms with Crippen LogP contribution >= 0.6 is 0 Å². The molecule has 2 heterocycles. The van der Waals surface area contributed by atoms with Crippen LogP contribution in [0.4, 0.5) is 0 Å². The van der Waals surface area contributed by atoms with E-state index in [1.165, 1.54) is 40.3 Å². The van der Waals surface area contributed by atoms with Gasteiger partial charge in [0.1, 0.15) is 0 Å². The molecule has 1 aliphatic rings. The molecule has 0 unspecified atom stereocenters. The van der Waals surface area contributed by atoms with Crippen LogP contribution in [0.2, 0.25) is 0 Å². The van der Waals surface area contributed by atoms with Crippen molar-refractivity contribution in [2.24, 2.45) is 0 Å². The third-order valence-electron chi connectivity index (χ3n) is 6.13. The van der Waals surface area contributed by atoms with Crippen LogP contribution in [0.1, 0.15) is 12.0 Å². The van der Waals surface area contributed by atoms with Crippen molar-refractivity contribution in [1.29, 1.82) is 0 Å². The van der Waals surface area contributed by atoms with E-state index in [2.05, 4.69) is 87.2 Å². The number of hydrogen-bond donors (Lipinski definition) is 0. The van der Waals surface area contributed by atoms with Crippen LogP contribution in [0.15, 0.2) is 66.7 Å². The molecule has 0 radical (unpaired) electrons. The Kier molecular flexibility index (Phi) is 5.21. The number of para-hydroxylation sites is 2. The van der Waals surface area contributed by atoms with E-state index in [1.807, 2.05) is 6.07 Å². The first-order valence-corrected chi connectivity index (χ1v) is 10.7. The summed E-state index contributed by atoms with van der Waals surface area (Å²) < 4.78 is 2.50. The molecule has 4 aromatic rings. The average Bonchev–Trinajstić information content (AvgIpc) is 3.10. The van der Waals surface area contributed by atoms with Gasteiger partial charge in [0.25, 0.3) is 0 Å². The van der Waals surface area contributed by atoms with Crippen molar-refractivity contribution in [1.82, 2.24) is 14.4 Å².